The summed E-state index contributed by atoms with van der Waals surface area (Å²) in [4.78, 5) is 16.1. The third-order valence-corrected chi connectivity index (χ3v) is 12.1. The van der Waals surface area contributed by atoms with Gasteiger partial charge in [0.1, 0.15) is 17.8 Å². The van der Waals surface area contributed by atoms with E-state index in [4.69, 9.17) is 33.2 Å². The number of hydrogen-bond donors (Lipinski definition) is 3. The van der Waals surface area contributed by atoms with Crippen LogP contribution in [0.1, 0.15) is 101 Å². The second-order valence-electron chi connectivity index (χ2n) is 16.8. The standard InChI is InChI=1S/C37H67NO11/c1-14-26-37(10,42)31(40)22(5)29-19(2)16-36(9,49-29)32(48-34-28(39)25(38(11)12)15-20(3)45-34)23(6)30(24(7)33(41)46-26)47-27-18-35(8,43-13)17-21(4)44-27/h19-32,34,39-40,42H,14-18H2,1-13H3/t19-,20+,21-,22+,23-,24+,25-,26-,27-,28+,29+,30-,31+,32+,34-,35-,36-,37+/m0/s1. The number of nitrogens with zero attached hydrogens (tertiary/aromatic N) is 1. The number of rotatable bonds is 7. The maximum atomic E-state index is 14.1. The van der Waals surface area contributed by atoms with E-state index in [1.807, 2.05) is 67.5 Å². The van der Waals surface area contributed by atoms with Crippen molar-refractivity contribution in [1.29, 1.82) is 0 Å². The summed E-state index contributed by atoms with van der Waals surface area (Å²) in [6.07, 6.45) is -4.58. The monoisotopic (exact) mass is 701 g/mol. The molecule has 4 aliphatic heterocycles. The Labute approximate surface area is 294 Å². The highest BCUT2D eigenvalue weighted by Crippen LogP contribution is 2.48. The number of aliphatic hydroxyl groups excluding tert-OH is 2. The first-order valence-electron chi connectivity index (χ1n) is 18.5. The zero-order valence-electron chi connectivity index (χ0n) is 32.3. The molecule has 4 saturated heterocycles. The Kier molecular flexibility index (Phi) is 13.0. The average molecular weight is 702 g/mol. The fourth-order valence-corrected chi connectivity index (χ4v) is 9.25. The smallest absolute Gasteiger partial charge is 0.311 e. The van der Waals surface area contributed by atoms with Crippen molar-refractivity contribution in [3.63, 3.8) is 0 Å². The topological polar surface area (TPSA) is 146 Å². The fraction of sp³-hybridized carbons (Fsp3) is 0.973. The molecule has 0 aromatic rings. The molecule has 4 rings (SSSR count). The van der Waals surface area contributed by atoms with Gasteiger partial charge < -0.3 is 53.4 Å². The molecule has 4 fully saturated rings. The van der Waals surface area contributed by atoms with Crippen molar-refractivity contribution in [3.05, 3.63) is 0 Å². The van der Waals surface area contributed by atoms with Gasteiger partial charge in [-0.05, 0) is 80.8 Å². The van der Waals surface area contributed by atoms with Crippen LogP contribution in [0.4, 0.5) is 0 Å². The third kappa shape index (κ3) is 8.50. The molecule has 12 heteroatoms. The van der Waals surface area contributed by atoms with Crippen LogP contribution < -0.4 is 0 Å². The predicted octanol–water partition coefficient (Wildman–Crippen LogP) is 3.65. The molecule has 0 amide bonds. The van der Waals surface area contributed by atoms with Crippen LogP contribution >= 0.6 is 0 Å². The van der Waals surface area contributed by atoms with Crippen LogP contribution in [-0.4, -0.2) is 132 Å². The average Bonchev–Trinajstić information content (AvgIpc) is 3.34. The second-order valence-corrected chi connectivity index (χ2v) is 16.8. The van der Waals surface area contributed by atoms with E-state index >= 15 is 0 Å². The first-order chi connectivity index (χ1) is 22.7. The molecule has 286 valence electrons. The number of methoxy groups -OCH3 is 1. The molecule has 49 heavy (non-hydrogen) atoms. The van der Waals surface area contributed by atoms with Crippen LogP contribution in [0.2, 0.25) is 0 Å². The van der Waals surface area contributed by atoms with Gasteiger partial charge in [-0.3, -0.25) is 4.79 Å². The van der Waals surface area contributed by atoms with E-state index < -0.39 is 89.7 Å². The highest BCUT2D eigenvalue weighted by Gasteiger charge is 2.57. The van der Waals surface area contributed by atoms with Gasteiger partial charge in [0.15, 0.2) is 12.6 Å². The zero-order valence-corrected chi connectivity index (χ0v) is 32.3. The molecule has 18 atom stereocenters. The second kappa shape index (κ2) is 15.6. The van der Waals surface area contributed by atoms with Crippen LogP contribution in [-0.2, 0) is 38.0 Å². The molecule has 3 N–H and O–H groups in total. The van der Waals surface area contributed by atoms with Crippen molar-refractivity contribution >= 4 is 5.97 Å². The Bertz CT molecular complexity index is 1110. The fourth-order valence-electron chi connectivity index (χ4n) is 9.25. The predicted molar refractivity (Wildman–Crippen MR) is 183 cm³/mol. The van der Waals surface area contributed by atoms with Crippen LogP contribution in [0.15, 0.2) is 0 Å². The third-order valence-electron chi connectivity index (χ3n) is 12.1. The van der Waals surface area contributed by atoms with Gasteiger partial charge in [-0.15, -0.1) is 0 Å². The van der Waals surface area contributed by atoms with Crippen LogP contribution in [0, 0.1) is 23.7 Å². The normalized spacial score (nSPS) is 51.9. The van der Waals surface area contributed by atoms with Gasteiger partial charge in [-0.1, -0.05) is 27.7 Å². The van der Waals surface area contributed by atoms with E-state index in [9.17, 15) is 20.1 Å². The van der Waals surface area contributed by atoms with Crippen molar-refractivity contribution in [2.45, 2.75) is 186 Å². The maximum absolute atomic E-state index is 14.1. The van der Waals surface area contributed by atoms with Crippen molar-refractivity contribution in [1.82, 2.24) is 4.90 Å². The van der Waals surface area contributed by atoms with Gasteiger partial charge in [0, 0.05) is 37.8 Å². The summed E-state index contributed by atoms with van der Waals surface area (Å²) in [5, 5.41) is 35.0. The summed E-state index contributed by atoms with van der Waals surface area (Å²) in [6.45, 7) is 19.0. The van der Waals surface area contributed by atoms with Crippen LogP contribution in [0.3, 0.4) is 0 Å². The number of esters is 1. The number of carbonyl (C=O) groups is 1. The van der Waals surface area contributed by atoms with Crippen molar-refractivity contribution in [2.75, 3.05) is 21.2 Å². The van der Waals surface area contributed by atoms with E-state index in [1.165, 1.54) is 6.92 Å². The molecule has 0 aliphatic carbocycles. The van der Waals surface area contributed by atoms with Crippen LogP contribution in [0.5, 0.6) is 0 Å². The van der Waals surface area contributed by atoms with Gasteiger partial charge >= 0.3 is 5.97 Å². The molecular weight excluding hydrogens is 634 g/mol. The van der Waals surface area contributed by atoms with Gasteiger partial charge in [0.05, 0.1) is 53.7 Å². The minimum atomic E-state index is -1.75. The minimum Gasteiger partial charge on any atom is -0.459 e. The number of likely N-dealkylation sites (N-methyl/N-ethyl adjacent to an activating group) is 1. The summed E-state index contributed by atoms with van der Waals surface area (Å²) in [6, 6.07) is -0.198. The summed E-state index contributed by atoms with van der Waals surface area (Å²) < 4.78 is 45.3. The summed E-state index contributed by atoms with van der Waals surface area (Å²) in [5.74, 6) is -2.47. The molecule has 12 nitrogen and oxygen atoms in total. The number of cyclic esters (lactones) is 1. The molecule has 2 bridgehead atoms. The molecule has 4 heterocycles. The van der Waals surface area contributed by atoms with Gasteiger partial charge in [0.25, 0.3) is 0 Å². The van der Waals surface area contributed by atoms with Gasteiger partial charge in [-0.25, -0.2) is 0 Å². The first-order valence-corrected chi connectivity index (χ1v) is 18.5. The van der Waals surface area contributed by atoms with E-state index in [1.54, 1.807) is 14.0 Å². The molecule has 0 unspecified atom stereocenters. The Hall–Kier alpha value is -0.930. The molecule has 0 saturated carbocycles. The quantitative estimate of drug-likeness (QED) is 0.333. The summed E-state index contributed by atoms with van der Waals surface area (Å²) >= 11 is 0. The molecule has 4 aliphatic rings. The van der Waals surface area contributed by atoms with Crippen LogP contribution in [0.25, 0.3) is 0 Å². The van der Waals surface area contributed by atoms with E-state index in [0.29, 0.717) is 32.1 Å². The highest BCUT2D eigenvalue weighted by molar-refractivity contribution is 5.73. The lowest BCUT2D eigenvalue weighted by atomic mass is 9.76. The zero-order chi connectivity index (χ0) is 36.8. The van der Waals surface area contributed by atoms with E-state index in [-0.39, 0.29) is 24.2 Å². The molecular formula is C37H67NO11. The van der Waals surface area contributed by atoms with Crippen molar-refractivity contribution < 1.29 is 53.3 Å². The Morgan fingerprint density at radius 1 is 0.918 bits per heavy atom. The molecule has 0 spiro atoms. The summed E-state index contributed by atoms with van der Waals surface area (Å²) in [5.41, 5.74) is -3.20. The number of ether oxygens (including phenoxy) is 7. The Morgan fingerprint density at radius 3 is 2.16 bits per heavy atom. The van der Waals surface area contributed by atoms with Crippen molar-refractivity contribution in [2.24, 2.45) is 23.7 Å². The van der Waals surface area contributed by atoms with E-state index in [0.717, 1.165) is 0 Å². The lowest BCUT2D eigenvalue weighted by Crippen LogP contribution is -2.59. The Balaban J connectivity index is 1.83. The SMILES string of the molecule is CC[C@@H]1OC(=O)[C@H](C)[C@@H](O[C@H]2C[C@@](C)(OC)C[C@H](C)O2)[C@H](C)[C@@H](O[C@@H]2O[C@H](C)C[C@H](N(C)C)[C@H]2O)[C@]2(C)C[C@H](C)[C@@H](O2)[C@@H](C)[C@@H](O)[C@]1(C)O. The largest absolute Gasteiger partial charge is 0.459 e. The summed E-state index contributed by atoms with van der Waals surface area (Å²) in [7, 11) is 5.54. The number of hydrogen-bond acceptors (Lipinski definition) is 12. The highest BCUT2D eigenvalue weighted by atomic mass is 16.7. The number of carbonyl (C=O) groups excluding carboxylic acids is 1. The lowest BCUT2D eigenvalue weighted by Gasteiger charge is -2.48. The van der Waals surface area contributed by atoms with Gasteiger partial charge in [0.2, 0.25) is 0 Å². The van der Waals surface area contributed by atoms with Gasteiger partial charge in [-0.2, -0.15) is 0 Å². The lowest BCUT2D eigenvalue weighted by molar-refractivity contribution is -0.311. The van der Waals surface area contributed by atoms with Crippen molar-refractivity contribution in [3.8, 4) is 0 Å². The number of aliphatic hydroxyl groups is 3. The molecule has 0 radical (unpaired) electrons. The van der Waals surface area contributed by atoms with E-state index in [2.05, 4.69) is 6.92 Å². The molecule has 0 aromatic heterocycles. The first kappa shape index (κ1) is 40.8. The number of fused-ring (bicyclic) bond motifs is 2. The minimum absolute atomic E-state index is 0.0262. The molecule has 0 aromatic carbocycles. The Morgan fingerprint density at radius 2 is 1.57 bits per heavy atom. The maximum Gasteiger partial charge on any atom is 0.311 e.